The van der Waals surface area contributed by atoms with Gasteiger partial charge in [-0.25, -0.2) is 9.69 Å². The van der Waals surface area contributed by atoms with Crippen molar-refractivity contribution in [3.8, 4) is 0 Å². The third-order valence-electron chi connectivity index (χ3n) is 3.65. The molecule has 1 aromatic rings. The second kappa shape index (κ2) is 8.48. The highest BCUT2D eigenvalue weighted by atomic mass is 35.5. The number of carboxylic acid groups (broad SMARTS) is 1. The summed E-state index contributed by atoms with van der Waals surface area (Å²) in [4.78, 5) is 47.5. The molecule has 0 spiro atoms. The molecule has 1 aromatic carbocycles. The largest absolute Gasteiger partial charge is 0.481 e. The van der Waals surface area contributed by atoms with Crippen LogP contribution in [0.4, 0.5) is 10.5 Å². The van der Waals surface area contributed by atoms with Crippen LogP contribution < -0.4 is 15.5 Å². The molecule has 3 N–H and O–H groups in total. The number of carboxylic acids is 1. The molecule has 1 aliphatic rings. The van der Waals surface area contributed by atoms with Gasteiger partial charge in [0.1, 0.15) is 6.04 Å². The Morgan fingerprint density at radius 2 is 1.88 bits per heavy atom. The van der Waals surface area contributed by atoms with E-state index >= 15 is 0 Å². The zero-order valence-corrected chi connectivity index (χ0v) is 14.1. The van der Waals surface area contributed by atoms with Gasteiger partial charge in [0, 0.05) is 24.4 Å². The molecule has 0 radical (unpaired) electrons. The number of rotatable bonds is 8. The molecule has 0 aliphatic carbocycles. The van der Waals surface area contributed by atoms with Gasteiger partial charge in [-0.2, -0.15) is 0 Å². The SMILES string of the molecule is O=C(O)CCCNC(=O)CCC1NC(=O)N(c2ccc(Cl)cc2)C1=O. The van der Waals surface area contributed by atoms with E-state index in [2.05, 4.69) is 10.6 Å². The van der Waals surface area contributed by atoms with E-state index in [0.717, 1.165) is 4.90 Å². The van der Waals surface area contributed by atoms with Crippen molar-refractivity contribution in [1.82, 2.24) is 10.6 Å². The Bertz CT molecular complexity index is 677. The molecule has 4 amide bonds. The van der Waals surface area contributed by atoms with Gasteiger partial charge < -0.3 is 15.7 Å². The van der Waals surface area contributed by atoms with Crippen LogP contribution in [0.2, 0.25) is 5.02 Å². The van der Waals surface area contributed by atoms with Crippen molar-refractivity contribution in [2.75, 3.05) is 11.4 Å². The highest BCUT2D eigenvalue weighted by Gasteiger charge is 2.38. The van der Waals surface area contributed by atoms with Gasteiger partial charge in [0.2, 0.25) is 5.91 Å². The van der Waals surface area contributed by atoms with Gasteiger partial charge in [-0.05, 0) is 37.1 Å². The Morgan fingerprint density at radius 3 is 2.52 bits per heavy atom. The molecule has 134 valence electrons. The number of halogens is 1. The van der Waals surface area contributed by atoms with Crippen LogP contribution in [0.15, 0.2) is 24.3 Å². The zero-order valence-electron chi connectivity index (χ0n) is 13.3. The Morgan fingerprint density at radius 1 is 1.20 bits per heavy atom. The summed E-state index contributed by atoms with van der Waals surface area (Å²) in [5, 5.41) is 14.1. The monoisotopic (exact) mass is 367 g/mol. The number of carbonyl (C=O) groups is 4. The second-order valence-electron chi connectivity index (χ2n) is 5.54. The van der Waals surface area contributed by atoms with E-state index in [1.165, 1.54) is 0 Å². The predicted octanol–water partition coefficient (Wildman–Crippen LogP) is 1.53. The van der Waals surface area contributed by atoms with Crippen molar-refractivity contribution in [1.29, 1.82) is 0 Å². The summed E-state index contributed by atoms with van der Waals surface area (Å²) >= 11 is 5.79. The summed E-state index contributed by atoms with van der Waals surface area (Å²) in [5.74, 6) is -1.64. The van der Waals surface area contributed by atoms with Crippen LogP contribution in [0.25, 0.3) is 0 Å². The van der Waals surface area contributed by atoms with Crippen LogP contribution in [0.1, 0.15) is 25.7 Å². The van der Waals surface area contributed by atoms with Gasteiger partial charge in [-0.3, -0.25) is 14.4 Å². The van der Waals surface area contributed by atoms with E-state index in [4.69, 9.17) is 16.7 Å². The Labute approximate surface area is 149 Å². The summed E-state index contributed by atoms with van der Waals surface area (Å²) < 4.78 is 0. The summed E-state index contributed by atoms with van der Waals surface area (Å²) in [7, 11) is 0. The van der Waals surface area contributed by atoms with Gasteiger partial charge >= 0.3 is 12.0 Å². The molecule has 8 nitrogen and oxygen atoms in total. The molecular weight excluding hydrogens is 350 g/mol. The average Bonchev–Trinajstić information content (AvgIpc) is 2.84. The van der Waals surface area contributed by atoms with Crippen molar-refractivity contribution in [3.63, 3.8) is 0 Å². The standard InChI is InChI=1S/C16H18ClN3O5/c17-10-3-5-11(6-4-10)20-15(24)12(19-16(20)25)7-8-13(21)18-9-1-2-14(22)23/h3-6,12H,1-2,7-9H2,(H,18,21)(H,19,25)(H,22,23). The topological polar surface area (TPSA) is 116 Å². The molecule has 0 bridgehead atoms. The number of aliphatic carboxylic acids is 1. The van der Waals surface area contributed by atoms with Gasteiger partial charge in [0.25, 0.3) is 5.91 Å². The molecule has 1 fully saturated rings. The molecule has 1 atom stereocenters. The minimum atomic E-state index is -0.921. The second-order valence-corrected chi connectivity index (χ2v) is 5.97. The van der Waals surface area contributed by atoms with Crippen LogP contribution in [-0.2, 0) is 14.4 Å². The predicted molar refractivity (Wildman–Crippen MR) is 90.4 cm³/mol. The molecular formula is C16H18ClN3O5. The maximum atomic E-state index is 12.4. The normalized spacial score (nSPS) is 16.7. The minimum Gasteiger partial charge on any atom is -0.481 e. The van der Waals surface area contributed by atoms with Crippen LogP contribution in [0.3, 0.4) is 0 Å². The van der Waals surface area contributed by atoms with Gasteiger partial charge in [-0.1, -0.05) is 11.6 Å². The van der Waals surface area contributed by atoms with Crippen LogP contribution in [0.5, 0.6) is 0 Å². The maximum Gasteiger partial charge on any atom is 0.329 e. The van der Waals surface area contributed by atoms with Crippen molar-refractivity contribution in [2.45, 2.75) is 31.7 Å². The summed E-state index contributed by atoms with van der Waals surface area (Å²) in [5.41, 5.74) is 0.410. The maximum absolute atomic E-state index is 12.4. The van der Waals surface area contributed by atoms with Gasteiger partial charge in [0.15, 0.2) is 0 Å². The van der Waals surface area contributed by atoms with Gasteiger partial charge in [-0.15, -0.1) is 0 Å². The zero-order chi connectivity index (χ0) is 18.4. The molecule has 2 rings (SSSR count). The fourth-order valence-electron chi connectivity index (χ4n) is 2.39. The number of benzene rings is 1. The van der Waals surface area contributed by atoms with Crippen LogP contribution in [-0.4, -0.2) is 41.5 Å². The quantitative estimate of drug-likeness (QED) is 0.476. The van der Waals surface area contributed by atoms with Crippen LogP contribution >= 0.6 is 11.6 Å². The summed E-state index contributed by atoms with van der Waals surface area (Å²) in [6, 6.07) is 4.98. The molecule has 1 saturated heterocycles. The van der Waals surface area contributed by atoms with Crippen LogP contribution in [0, 0.1) is 0 Å². The van der Waals surface area contributed by atoms with E-state index in [9.17, 15) is 19.2 Å². The van der Waals surface area contributed by atoms with Crippen molar-refractivity contribution in [3.05, 3.63) is 29.3 Å². The Kier molecular flexibility index (Phi) is 6.35. The summed E-state index contributed by atoms with van der Waals surface area (Å²) in [6.07, 6.45) is 0.537. The molecule has 1 heterocycles. The number of amides is 4. The number of urea groups is 1. The first-order chi connectivity index (χ1) is 11.9. The molecule has 0 aromatic heterocycles. The third kappa shape index (κ3) is 5.18. The Hall–Kier alpha value is -2.61. The lowest BCUT2D eigenvalue weighted by Gasteiger charge is -2.13. The van der Waals surface area contributed by atoms with Crippen molar-refractivity contribution in [2.24, 2.45) is 0 Å². The Balaban J connectivity index is 1.82. The number of hydrogen-bond donors (Lipinski definition) is 3. The van der Waals surface area contributed by atoms with E-state index in [1.807, 2.05) is 0 Å². The smallest absolute Gasteiger partial charge is 0.329 e. The van der Waals surface area contributed by atoms with E-state index in [0.29, 0.717) is 17.1 Å². The van der Waals surface area contributed by atoms with Crippen molar-refractivity contribution >= 4 is 41.1 Å². The molecule has 1 aliphatic heterocycles. The third-order valence-corrected chi connectivity index (χ3v) is 3.91. The highest BCUT2D eigenvalue weighted by Crippen LogP contribution is 2.23. The number of hydrogen-bond acceptors (Lipinski definition) is 4. The summed E-state index contributed by atoms with van der Waals surface area (Å²) in [6.45, 7) is 0.257. The fourth-order valence-corrected chi connectivity index (χ4v) is 2.52. The number of imide groups is 1. The number of carbonyl (C=O) groups excluding carboxylic acids is 3. The van der Waals surface area contributed by atoms with E-state index < -0.39 is 23.9 Å². The molecule has 0 saturated carbocycles. The number of anilines is 1. The number of nitrogens with one attached hydrogen (secondary N) is 2. The fraction of sp³-hybridized carbons (Fsp3) is 0.375. The first kappa shape index (κ1) is 18.7. The lowest BCUT2D eigenvalue weighted by atomic mass is 10.1. The van der Waals surface area contributed by atoms with Crippen molar-refractivity contribution < 1.29 is 24.3 Å². The lowest BCUT2D eigenvalue weighted by Crippen LogP contribution is -2.33. The first-order valence-electron chi connectivity index (χ1n) is 7.77. The molecule has 25 heavy (non-hydrogen) atoms. The van der Waals surface area contributed by atoms with E-state index in [-0.39, 0.29) is 31.7 Å². The average molecular weight is 368 g/mol. The molecule has 9 heteroatoms. The lowest BCUT2D eigenvalue weighted by molar-refractivity contribution is -0.137. The molecule has 1 unspecified atom stereocenters. The minimum absolute atomic E-state index is 0.0203. The highest BCUT2D eigenvalue weighted by molar-refractivity contribution is 6.30. The van der Waals surface area contributed by atoms with E-state index in [1.54, 1.807) is 24.3 Å². The first-order valence-corrected chi connectivity index (χ1v) is 8.15. The number of nitrogens with zero attached hydrogens (tertiary/aromatic N) is 1. The van der Waals surface area contributed by atoms with Gasteiger partial charge in [0.05, 0.1) is 5.69 Å².